The monoisotopic (exact) mass is 335 g/mol. The first-order valence-electron chi connectivity index (χ1n) is 7.47. The number of ketones is 1. The van der Waals surface area contributed by atoms with E-state index in [1.165, 1.54) is 7.11 Å². The predicted octanol–water partition coefficient (Wildman–Crippen LogP) is 1.70. The first-order valence-corrected chi connectivity index (χ1v) is 7.47. The number of benzene rings is 1. The zero-order valence-electron chi connectivity index (χ0n) is 14.0. The number of hydrogen-bond donors (Lipinski definition) is 0. The molecule has 0 bridgehead atoms. The number of rotatable bonds is 10. The molecule has 0 fully saturated rings. The van der Waals surface area contributed by atoms with Crippen molar-refractivity contribution in [1.29, 1.82) is 0 Å². The molecule has 0 amide bonds. The normalized spacial score (nSPS) is 10.8. The van der Waals surface area contributed by atoms with Crippen LogP contribution in [-0.4, -0.2) is 57.8 Å². The Morgan fingerprint density at radius 2 is 1.79 bits per heavy atom. The van der Waals surface area contributed by atoms with Crippen LogP contribution in [0.4, 0.5) is 0 Å². The Balaban J connectivity index is 2.46. The number of carbonyl (C=O) groups is 2. The van der Waals surface area contributed by atoms with Crippen LogP contribution in [0.5, 0.6) is 11.5 Å². The lowest BCUT2D eigenvalue weighted by atomic mass is 10.1. The third kappa shape index (κ3) is 3.58. The highest BCUT2D eigenvalue weighted by atomic mass is 16.5. The van der Waals surface area contributed by atoms with Crippen molar-refractivity contribution in [2.75, 3.05) is 41.2 Å². The highest BCUT2D eigenvalue weighted by Gasteiger charge is 2.21. The Hall–Kier alpha value is -2.38. The van der Waals surface area contributed by atoms with E-state index in [0.29, 0.717) is 55.1 Å². The molecule has 0 radical (unpaired) electrons. The molecule has 24 heavy (non-hydrogen) atoms. The maximum Gasteiger partial charge on any atom is 0.227 e. The fourth-order valence-electron chi connectivity index (χ4n) is 2.55. The SMILES string of the molecule is COCCOCCn1cc(C(=O)C=O)c2c(OC)ccc(OC)c21. The number of hydrogen-bond acceptors (Lipinski definition) is 6. The summed E-state index contributed by atoms with van der Waals surface area (Å²) in [5.41, 5.74) is 0.977. The van der Waals surface area contributed by atoms with Crippen molar-refractivity contribution in [2.45, 2.75) is 6.54 Å². The molecular formula is C17H21NO6. The van der Waals surface area contributed by atoms with Crippen molar-refractivity contribution in [3.63, 3.8) is 0 Å². The van der Waals surface area contributed by atoms with Gasteiger partial charge in [0.15, 0.2) is 6.29 Å². The second kappa shape index (κ2) is 8.47. The van der Waals surface area contributed by atoms with E-state index in [4.69, 9.17) is 18.9 Å². The molecule has 2 rings (SSSR count). The molecule has 0 spiro atoms. The van der Waals surface area contributed by atoms with Crippen LogP contribution >= 0.6 is 0 Å². The van der Waals surface area contributed by atoms with E-state index in [9.17, 15) is 9.59 Å². The van der Waals surface area contributed by atoms with Gasteiger partial charge in [0, 0.05) is 19.9 Å². The molecule has 2 aromatic rings. The van der Waals surface area contributed by atoms with Gasteiger partial charge in [-0.1, -0.05) is 0 Å². The number of carbonyl (C=O) groups excluding carboxylic acids is 2. The third-order valence-corrected chi connectivity index (χ3v) is 3.66. The number of fused-ring (bicyclic) bond motifs is 1. The van der Waals surface area contributed by atoms with E-state index < -0.39 is 5.78 Å². The minimum atomic E-state index is -0.606. The van der Waals surface area contributed by atoms with Crippen LogP contribution in [0, 0.1) is 0 Å². The van der Waals surface area contributed by atoms with E-state index >= 15 is 0 Å². The number of Topliss-reactive ketones (excluding diaryl/α,β-unsaturated/α-hetero) is 1. The second-order valence-corrected chi connectivity index (χ2v) is 5.02. The Morgan fingerprint density at radius 1 is 1.08 bits per heavy atom. The second-order valence-electron chi connectivity index (χ2n) is 5.02. The van der Waals surface area contributed by atoms with Crippen LogP contribution < -0.4 is 9.47 Å². The van der Waals surface area contributed by atoms with Gasteiger partial charge in [-0.05, 0) is 12.1 Å². The largest absolute Gasteiger partial charge is 0.496 e. The molecule has 0 aliphatic carbocycles. The van der Waals surface area contributed by atoms with Gasteiger partial charge in [-0.2, -0.15) is 0 Å². The summed E-state index contributed by atoms with van der Waals surface area (Å²) < 4.78 is 23.0. The molecule has 0 aliphatic heterocycles. The molecule has 0 saturated carbocycles. The number of aldehydes is 1. The quantitative estimate of drug-likeness (QED) is 0.285. The van der Waals surface area contributed by atoms with Crippen molar-refractivity contribution in [2.24, 2.45) is 0 Å². The fourth-order valence-corrected chi connectivity index (χ4v) is 2.55. The third-order valence-electron chi connectivity index (χ3n) is 3.66. The Kier molecular flexibility index (Phi) is 6.34. The standard InChI is InChI=1S/C17H21NO6/c1-21-8-9-24-7-6-18-10-12(13(20)11-19)16-14(22-2)4-5-15(23-3)17(16)18/h4-5,10-11H,6-9H2,1-3H3. The summed E-state index contributed by atoms with van der Waals surface area (Å²) in [6.07, 6.45) is 1.93. The Morgan fingerprint density at radius 3 is 2.42 bits per heavy atom. The van der Waals surface area contributed by atoms with Gasteiger partial charge >= 0.3 is 0 Å². The summed E-state index contributed by atoms with van der Waals surface area (Å²) >= 11 is 0. The first kappa shape index (κ1) is 18.0. The Bertz CT molecular complexity index is 721. The van der Waals surface area contributed by atoms with Crippen molar-refractivity contribution in [3.05, 3.63) is 23.9 Å². The van der Waals surface area contributed by atoms with E-state index in [2.05, 4.69) is 0 Å². The smallest absolute Gasteiger partial charge is 0.227 e. The zero-order valence-corrected chi connectivity index (χ0v) is 14.0. The van der Waals surface area contributed by atoms with Crippen LogP contribution in [0.25, 0.3) is 10.9 Å². The minimum absolute atomic E-state index is 0.285. The maximum absolute atomic E-state index is 12.0. The highest BCUT2D eigenvalue weighted by molar-refractivity contribution is 6.37. The van der Waals surface area contributed by atoms with Gasteiger partial charge < -0.3 is 23.5 Å². The molecule has 1 aromatic heterocycles. The van der Waals surface area contributed by atoms with Crippen LogP contribution in [-0.2, 0) is 20.8 Å². The highest BCUT2D eigenvalue weighted by Crippen LogP contribution is 2.37. The molecule has 0 saturated heterocycles. The maximum atomic E-state index is 12.0. The molecule has 0 N–H and O–H groups in total. The van der Waals surface area contributed by atoms with Crippen molar-refractivity contribution in [1.82, 2.24) is 4.57 Å². The van der Waals surface area contributed by atoms with E-state index in [-0.39, 0.29) is 5.56 Å². The fraction of sp³-hybridized carbons (Fsp3) is 0.412. The van der Waals surface area contributed by atoms with Gasteiger partial charge in [0.05, 0.1) is 50.5 Å². The van der Waals surface area contributed by atoms with Crippen LogP contribution in [0.2, 0.25) is 0 Å². The summed E-state index contributed by atoms with van der Waals surface area (Å²) in [7, 11) is 4.67. The molecule has 7 nitrogen and oxygen atoms in total. The van der Waals surface area contributed by atoms with E-state index in [1.54, 1.807) is 32.5 Å². The number of nitrogens with zero attached hydrogens (tertiary/aromatic N) is 1. The van der Waals surface area contributed by atoms with Gasteiger partial charge in [0.25, 0.3) is 0 Å². The topological polar surface area (TPSA) is 76.0 Å². The summed E-state index contributed by atoms with van der Waals surface area (Å²) in [4.78, 5) is 23.0. The summed E-state index contributed by atoms with van der Waals surface area (Å²) in [5, 5.41) is 0.561. The first-order chi connectivity index (χ1) is 11.7. The summed E-state index contributed by atoms with van der Waals surface area (Å²) in [6.45, 7) is 1.92. The Labute approximate surface area is 140 Å². The molecule has 7 heteroatoms. The molecule has 1 aromatic carbocycles. The van der Waals surface area contributed by atoms with Gasteiger partial charge in [-0.25, -0.2) is 0 Å². The molecular weight excluding hydrogens is 314 g/mol. The zero-order chi connectivity index (χ0) is 17.5. The molecule has 0 aliphatic rings. The van der Waals surface area contributed by atoms with Gasteiger partial charge in [-0.15, -0.1) is 0 Å². The van der Waals surface area contributed by atoms with E-state index in [1.807, 2.05) is 4.57 Å². The van der Waals surface area contributed by atoms with Crippen molar-refractivity contribution in [3.8, 4) is 11.5 Å². The molecule has 0 atom stereocenters. The average Bonchev–Trinajstić information content (AvgIpc) is 3.00. The van der Waals surface area contributed by atoms with E-state index in [0.717, 1.165) is 0 Å². The lowest BCUT2D eigenvalue weighted by molar-refractivity contribution is -0.104. The van der Waals surface area contributed by atoms with Crippen molar-refractivity contribution >= 4 is 23.0 Å². The molecule has 130 valence electrons. The van der Waals surface area contributed by atoms with Gasteiger partial charge in [-0.3, -0.25) is 9.59 Å². The van der Waals surface area contributed by atoms with Crippen LogP contribution in [0.15, 0.2) is 18.3 Å². The van der Waals surface area contributed by atoms with Gasteiger partial charge in [0.2, 0.25) is 5.78 Å². The lowest BCUT2D eigenvalue weighted by Crippen LogP contribution is -2.09. The molecule has 0 unspecified atom stereocenters. The van der Waals surface area contributed by atoms with Crippen LogP contribution in [0.3, 0.4) is 0 Å². The minimum Gasteiger partial charge on any atom is -0.496 e. The number of ether oxygens (including phenoxy) is 4. The van der Waals surface area contributed by atoms with Crippen molar-refractivity contribution < 1.29 is 28.5 Å². The lowest BCUT2D eigenvalue weighted by Gasteiger charge is -2.11. The number of methoxy groups -OCH3 is 3. The average molecular weight is 335 g/mol. The molecule has 1 heterocycles. The predicted molar refractivity (Wildman–Crippen MR) is 88.1 cm³/mol. The number of aromatic nitrogens is 1. The summed E-state index contributed by atoms with van der Waals surface area (Å²) in [5.74, 6) is 0.494. The summed E-state index contributed by atoms with van der Waals surface area (Å²) in [6, 6.07) is 3.47. The van der Waals surface area contributed by atoms with Gasteiger partial charge in [0.1, 0.15) is 11.5 Å². The van der Waals surface area contributed by atoms with Crippen LogP contribution in [0.1, 0.15) is 10.4 Å².